The lowest BCUT2D eigenvalue weighted by Gasteiger charge is -2.39. The number of esters is 2. The van der Waals surface area contributed by atoms with Gasteiger partial charge < -0.3 is 14.2 Å². The Bertz CT molecular complexity index is 523. The van der Waals surface area contributed by atoms with Crippen LogP contribution in [0.2, 0.25) is 0 Å². The fourth-order valence-corrected chi connectivity index (χ4v) is 4.20. The van der Waals surface area contributed by atoms with Crippen LogP contribution in [0.5, 0.6) is 0 Å². The number of carbonyl (C=O) groups is 2. The molecule has 132 valence electrons. The maximum Gasteiger partial charge on any atom is 0.302 e. The summed E-state index contributed by atoms with van der Waals surface area (Å²) in [5.41, 5.74) is -1.86. The monoisotopic (exact) mass is 350 g/mol. The molecule has 2 saturated heterocycles. The average Bonchev–Trinajstić information content (AvgIpc) is 2.84. The van der Waals surface area contributed by atoms with Crippen molar-refractivity contribution >= 4 is 23.3 Å². The number of hydrogen-bond acceptors (Lipinski definition) is 7. The minimum Gasteiger partial charge on any atom is -0.463 e. The fraction of sp³-hybridized carbons (Fsp3) is 0.857. The smallest absolute Gasteiger partial charge is 0.302 e. The van der Waals surface area contributed by atoms with Gasteiger partial charge in [-0.2, -0.15) is 4.21 Å². The van der Waals surface area contributed by atoms with E-state index in [-0.39, 0.29) is 25.0 Å². The number of hydrogen-bond donors (Lipinski definition) is 1. The predicted octanol–water partition coefficient (Wildman–Crippen LogP) is 0.818. The van der Waals surface area contributed by atoms with E-state index in [0.29, 0.717) is 6.42 Å². The third kappa shape index (κ3) is 3.28. The Morgan fingerprint density at radius 1 is 1.22 bits per heavy atom. The molecule has 2 aliphatic heterocycles. The zero-order valence-corrected chi connectivity index (χ0v) is 14.4. The van der Waals surface area contributed by atoms with E-state index in [4.69, 9.17) is 22.9 Å². The van der Waals surface area contributed by atoms with E-state index in [2.05, 4.69) is 0 Å². The van der Waals surface area contributed by atoms with Crippen LogP contribution in [0.3, 0.4) is 0 Å². The van der Waals surface area contributed by atoms with Crippen LogP contribution >= 0.6 is 0 Å². The molecule has 2 fully saturated rings. The van der Waals surface area contributed by atoms with E-state index in [1.54, 1.807) is 0 Å². The summed E-state index contributed by atoms with van der Waals surface area (Å²) in [5.74, 6) is -1.33. The molecule has 9 heteroatoms. The Hall–Kier alpha value is -1.03. The van der Waals surface area contributed by atoms with Crippen molar-refractivity contribution in [2.24, 2.45) is 11.8 Å². The summed E-state index contributed by atoms with van der Waals surface area (Å²) in [5, 5.41) is 0. The SMILES string of the molecule is CC(=O)OCC12CC(C)C(COC(C)=O)(O1)C(OS(=O)O)C2C. The summed E-state index contributed by atoms with van der Waals surface area (Å²) in [7, 11) is 0. The minimum absolute atomic E-state index is 0.0214. The van der Waals surface area contributed by atoms with Gasteiger partial charge in [-0.3, -0.25) is 18.3 Å². The molecule has 0 aliphatic carbocycles. The van der Waals surface area contributed by atoms with Gasteiger partial charge in [0.2, 0.25) is 0 Å². The molecule has 2 bridgehead atoms. The third-order valence-electron chi connectivity index (χ3n) is 4.85. The van der Waals surface area contributed by atoms with Gasteiger partial charge in [-0.05, 0) is 12.3 Å². The van der Waals surface area contributed by atoms with E-state index < -0.39 is 40.6 Å². The van der Waals surface area contributed by atoms with Gasteiger partial charge in [-0.25, -0.2) is 0 Å². The highest BCUT2D eigenvalue weighted by Gasteiger charge is 2.71. The number of ether oxygens (including phenoxy) is 3. The highest BCUT2D eigenvalue weighted by molar-refractivity contribution is 7.74. The van der Waals surface area contributed by atoms with Crippen LogP contribution < -0.4 is 0 Å². The average molecular weight is 350 g/mol. The number of carbonyl (C=O) groups excluding carboxylic acids is 2. The first-order valence-electron chi connectivity index (χ1n) is 7.38. The second-order valence-electron chi connectivity index (χ2n) is 6.31. The molecule has 0 aromatic rings. The second-order valence-corrected chi connectivity index (χ2v) is 6.94. The van der Waals surface area contributed by atoms with Crippen molar-refractivity contribution in [1.82, 2.24) is 0 Å². The maximum absolute atomic E-state index is 11.2. The van der Waals surface area contributed by atoms with Crippen LogP contribution in [0.25, 0.3) is 0 Å². The van der Waals surface area contributed by atoms with Crippen LogP contribution in [0.4, 0.5) is 0 Å². The fourth-order valence-electron chi connectivity index (χ4n) is 3.69. The van der Waals surface area contributed by atoms with Crippen molar-refractivity contribution in [2.75, 3.05) is 13.2 Å². The highest BCUT2D eigenvalue weighted by atomic mass is 32.2. The van der Waals surface area contributed by atoms with Crippen molar-refractivity contribution in [3.63, 3.8) is 0 Å². The van der Waals surface area contributed by atoms with Gasteiger partial charge in [0, 0.05) is 19.8 Å². The van der Waals surface area contributed by atoms with Gasteiger partial charge in [0.25, 0.3) is 0 Å². The number of fused-ring (bicyclic) bond motifs is 2. The standard InChI is InChI=1S/C14H22O8S/c1-8-5-13(6-19-10(3)15)9(2)12(21-23(17)18)14(8,22-13)7-20-11(4)16/h8-9,12H,5-7H2,1-4H3,(H,17,18). The van der Waals surface area contributed by atoms with Gasteiger partial charge in [0.15, 0.2) is 0 Å². The molecule has 2 aliphatic rings. The van der Waals surface area contributed by atoms with Crippen LogP contribution in [0.1, 0.15) is 34.1 Å². The summed E-state index contributed by atoms with van der Waals surface area (Å²) in [6.45, 7) is 6.22. The van der Waals surface area contributed by atoms with Crippen LogP contribution in [-0.2, 0) is 39.3 Å². The Balaban J connectivity index is 2.31. The molecular formula is C14H22O8S. The van der Waals surface area contributed by atoms with Crippen LogP contribution in [0, 0.1) is 11.8 Å². The Kier molecular flexibility index (Phi) is 5.15. The Morgan fingerprint density at radius 2 is 1.78 bits per heavy atom. The first kappa shape index (κ1) is 18.3. The molecule has 0 amide bonds. The lowest BCUT2D eigenvalue weighted by Crippen LogP contribution is -2.53. The Labute approximate surface area is 137 Å². The van der Waals surface area contributed by atoms with Gasteiger partial charge in [0.1, 0.15) is 30.5 Å². The first-order valence-corrected chi connectivity index (χ1v) is 8.41. The van der Waals surface area contributed by atoms with Gasteiger partial charge in [-0.15, -0.1) is 0 Å². The molecule has 1 N–H and O–H groups in total. The van der Waals surface area contributed by atoms with E-state index in [9.17, 15) is 13.8 Å². The molecule has 0 aromatic carbocycles. The predicted molar refractivity (Wildman–Crippen MR) is 78.4 cm³/mol. The van der Waals surface area contributed by atoms with Crippen LogP contribution in [0.15, 0.2) is 0 Å². The van der Waals surface area contributed by atoms with Crippen molar-refractivity contribution in [3.8, 4) is 0 Å². The largest absolute Gasteiger partial charge is 0.463 e. The molecule has 0 radical (unpaired) electrons. The number of rotatable bonds is 6. The molecule has 0 saturated carbocycles. The molecule has 0 spiro atoms. The molecule has 0 aromatic heterocycles. The zero-order chi connectivity index (χ0) is 17.4. The van der Waals surface area contributed by atoms with E-state index >= 15 is 0 Å². The molecule has 8 nitrogen and oxygen atoms in total. The van der Waals surface area contributed by atoms with Gasteiger partial charge in [0.05, 0.1) is 0 Å². The second kappa shape index (κ2) is 6.46. The Morgan fingerprint density at radius 3 is 2.30 bits per heavy atom. The van der Waals surface area contributed by atoms with Gasteiger partial charge >= 0.3 is 23.3 Å². The normalized spacial score (nSPS) is 40.0. The van der Waals surface area contributed by atoms with Crippen molar-refractivity contribution in [1.29, 1.82) is 0 Å². The quantitative estimate of drug-likeness (QED) is 0.554. The van der Waals surface area contributed by atoms with E-state index in [0.717, 1.165) is 0 Å². The zero-order valence-electron chi connectivity index (χ0n) is 13.6. The van der Waals surface area contributed by atoms with Crippen molar-refractivity contribution in [3.05, 3.63) is 0 Å². The molecule has 6 atom stereocenters. The molecule has 23 heavy (non-hydrogen) atoms. The molecule has 2 rings (SSSR count). The van der Waals surface area contributed by atoms with Crippen molar-refractivity contribution in [2.45, 2.75) is 51.4 Å². The lowest BCUT2D eigenvalue weighted by atomic mass is 9.68. The highest BCUT2D eigenvalue weighted by Crippen LogP contribution is 2.58. The summed E-state index contributed by atoms with van der Waals surface area (Å²) in [6, 6.07) is 0. The summed E-state index contributed by atoms with van der Waals surface area (Å²) >= 11 is -2.49. The topological polar surface area (TPSA) is 108 Å². The first-order chi connectivity index (χ1) is 10.6. The lowest BCUT2D eigenvalue weighted by molar-refractivity contribution is -0.166. The molecule has 2 heterocycles. The molecule has 6 unspecified atom stereocenters. The van der Waals surface area contributed by atoms with Gasteiger partial charge in [-0.1, -0.05) is 13.8 Å². The minimum atomic E-state index is -2.49. The van der Waals surface area contributed by atoms with E-state index in [1.165, 1.54) is 13.8 Å². The summed E-state index contributed by atoms with van der Waals surface area (Å²) in [4.78, 5) is 22.3. The third-order valence-corrected chi connectivity index (χ3v) is 5.22. The van der Waals surface area contributed by atoms with Crippen LogP contribution in [-0.4, -0.2) is 51.2 Å². The molecular weight excluding hydrogens is 328 g/mol. The van der Waals surface area contributed by atoms with E-state index in [1.807, 2.05) is 13.8 Å². The summed E-state index contributed by atoms with van der Waals surface area (Å²) in [6.07, 6.45) is -0.187. The summed E-state index contributed by atoms with van der Waals surface area (Å²) < 4.78 is 41.9. The maximum atomic E-state index is 11.2. The van der Waals surface area contributed by atoms with Crippen molar-refractivity contribution < 1.29 is 36.7 Å².